The van der Waals surface area contributed by atoms with E-state index in [1.54, 1.807) is 4.90 Å². The number of piperidine rings is 1. The molecule has 1 amide bonds. The standard InChI is InChI=1S/C9H15NO2/c1-8(11)7-9(12)10-5-3-2-4-6-10/h7,11H,2-6H2,1H3/b8-7+. The molecule has 12 heavy (non-hydrogen) atoms. The Morgan fingerprint density at radius 1 is 1.33 bits per heavy atom. The number of nitrogens with zero attached hydrogens (tertiary/aromatic N) is 1. The van der Waals surface area contributed by atoms with Gasteiger partial charge in [0, 0.05) is 19.2 Å². The van der Waals surface area contributed by atoms with Gasteiger partial charge in [-0.2, -0.15) is 0 Å². The SMILES string of the molecule is C/C(O)=C\C(=O)N1CCCCC1. The maximum atomic E-state index is 11.3. The van der Waals surface area contributed by atoms with E-state index in [1.807, 2.05) is 0 Å². The van der Waals surface area contributed by atoms with Crippen LogP contribution < -0.4 is 0 Å². The van der Waals surface area contributed by atoms with Crippen LogP contribution in [0.15, 0.2) is 11.8 Å². The van der Waals surface area contributed by atoms with Crippen LogP contribution >= 0.6 is 0 Å². The Kier molecular flexibility index (Phi) is 3.14. The van der Waals surface area contributed by atoms with Crippen molar-refractivity contribution in [3.63, 3.8) is 0 Å². The lowest BCUT2D eigenvalue weighted by atomic mass is 10.1. The van der Waals surface area contributed by atoms with Crippen molar-refractivity contribution in [3.8, 4) is 0 Å². The topological polar surface area (TPSA) is 40.5 Å². The molecule has 0 atom stereocenters. The van der Waals surface area contributed by atoms with E-state index < -0.39 is 0 Å². The number of carbonyl (C=O) groups is 1. The molecule has 3 nitrogen and oxygen atoms in total. The number of aliphatic hydroxyl groups excluding tert-OH is 1. The molecular formula is C9H15NO2. The number of allylic oxidation sites excluding steroid dienone is 1. The Morgan fingerprint density at radius 3 is 2.42 bits per heavy atom. The third-order valence-electron chi connectivity index (χ3n) is 2.00. The van der Waals surface area contributed by atoms with Crippen molar-refractivity contribution >= 4 is 5.91 Å². The smallest absolute Gasteiger partial charge is 0.249 e. The molecule has 1 N–H and O–H groups in total. The molecule has 1 rings (SSSR count). The highest BCUT2D eigenvalue weighted by Crippen LogP contribution is 2.09. The van der Waals surface area contributed by atoms with Crippen LogP contribution in [0.1, 0.15) is 26.2 Å². The average Bonchev–Trinajstić information content (AvgIpc) is 2.05. The Hall–Kier alpha value is -0.990. The van der Waals surface area contributed by atoms with E-state index >= 15 is 0 Å². The first-order chi connectivity index (χ1) is 5.70. The Balaban J connectivity index is 2.45. The largest absolute Gasteiger partial charge is 0.512 e. The third kappa shape index (κ3) is 2.57. The van der Waals surface area contributed by atoms with Crippen LogP contribution in [0.25, 0.3) is 0 Å². The van der Waals surface area contributed by atoms with Gasteiger partial charge in [0.25, 0.3) is 0 Å². The summed E-state index contributed by atoms with van der Waals surface area (Å²) >= 11 is 0. The summed E-state index contributed by atoms with van der Waals surface area (Å²) in [6.07, 6.45) is 4.67. The van der Waals surface area contributed by atoms with E-state index in [4.69, 9.17) is 5.11 Å². The van der Waals surface area contributed by atoms with Crippen LogP contribution in [0.4, 0.5) is 0 Å². The Morgan fingerprint density at radius 2 is 1.92 bits per heavy atom. The van der Waals surface area contributed by atoms with Gasteiger partial charge in [-0.15, -0.1) is 0 Å². The highest BCUT2D eigenvalue weighted by Gasteiger charge is 2.13. The van der Waals surface area contributed by atoms with E-state index in [0.29, 0.717) is 0 Å². The molecule has 1 heterocycles. The lowest BCUT2D eigenvalue weighted by molar-refractivity contribution is -0.127. The summed E-state index contributed by atoms with van der Waals surface area (Å²) in [5.74, 6) is 0.0280. The van der Waals surface area contributed by atoms with E-state index in [1.165, 1.54) is 19.4 Å². The summed E-state index contributed by atoms with van der Waals surface area (Å²) in [6, 6.07) is 0. The van der Waals surface area contributed by atoms with Gasteiger partial charge in [0.05, 0.1) is 5.76 Å². The first-order valence-corrected chi connectivity index (χ1v) is 4.36. The molecule has 0 bridgehead atoms. The fraction of sp³-hybridized carbons (Fsp3) is 0.667. The number of rotatable bonds is 1. The van der Waals surface area contributed by atoms with Gasteiger partial charge in [0.2, 0.25) is 5.91 Å². The molecule has 1 aliphatic heterocycles. The fourth-order valence-electron chi connectivity index (χ4n) is 1.38. The zero-order chi connectivity index (χ0) is 8.97. The molecule has 68 valence electrons. The number of likely N-dealkylation sites (tertiary alicyclic amines) is 1. The van der Waals surface area contributed by atoms with Gasteiger partial charge in [-0.3, -0.25) is 4.79 Å². The van der Waals surface area contributed by atoms with Gasteiger partial charge in [0.1, 0.15) is 0 Å². The highest BCUT2D eigenvalue weighted by atomic mass is 16.3. The fourth-order valence-corrected chi connectivity index (χ4v) is 1.38. The number of aliphatic hydroxyl groups is 1. The van der Waals surface area contributed by atoms with E-state index in [9.17, 15) is 4.79 Å². The first kappa shape index (κ1) is 9.10. The van der Waals surface area contributed by atoms with Gasteiger partial charge in [-0.05, 0) is 26.2 Å². The van der Waals surface area contributed by atoms with Crippen molar-refractivity contribution in [3.05, 3.63) is 11.8 Å². The van der Waals surface area contributed by atoms with Gasteiger partial charge in [-0.1, -0.05) is 0 Å². The summed E-state index contributed by atoms with van der Waals surface area (Å²) in [4.78, 5) is 13.1. The molecule has 3 heteroatoms. The van der Waals surface area contributed by atoms with Gasteiger partial charge >= 0.3 is 0 Å². The Bertz CT molecular complexity index is 189. The molecule has 0 spiro atoms. The number of carbonyl (C=O) groups excluding carboxylic acids is 1. The summed E-state index contributed by atoms with van der Waals surface area (Å²) in [7, 11) is 0. The van der Waals surface area contributed by atoms with E-state index in [2.05, 4.69) is 0 Å². The maximum Gasteiger partial charge on any atom is 0.249 e. The van der Waals surface area contributed by atoms with Crippen LogP contribution in [0.3, 0.4) is 0 Å². The van der Waals surface area contributed by atoms with Crippen LogP contribution in [-0.4, -0.2) is 29.0 Å². The molecule has 0 aromatic rings. The molecule has 1 saturated heterocycles. The molecule has 0 aliphatic carbocycles. The van der Waals surface area contributed by atoms with Crippen molar-refractivity contribution in [2.24, 2.45) is 0 Å². The maximum absolute atomic E-state index is 11.3. The van der Waals surface area contributed by atoms with Gasteiger partial charge < -0.3 is 10.0 Å². The molecule has 0 aromatic carbocycles. The van der Waals surface area contributed by atoms with E-state index in [-0.39, 0.29) is 11.7 Å². The first-order valence-electron chi connectivity index (χ1n) is 4.36. The number of hydrogen-bond acceptors (Lipinski definition) is 2. The molecule has 0 radical (unpaired) electrons. The molecule has 1 aliphatic rings. The summed E-state index contributed by atoms with van der Waals surface area (Å²) in [5.41, 5.74) is 0. The van der Waals surface area contributed by atoms with Crippen molar-refractivity contribution in [1.29, 1.82) is 0 Å². The van der Waals surface area contributed by atoms with Crippen molar-refractivity contribution in [2.75, 3.05) is 13.1 Å². The summed E-state index contributed by atoms with van der Waals surface area (Å²) in [6.45, 7) is 3.19. The van der Waals surface area contributed by atoms with Crippen LogP contribution in [0.2, 0.25) is 0 Å². The molecule has 0 aromatic heterocycles. The monoisotopic (exact) mass is 169 g/mol. The Labute approximate surface area is 72.7 Å². The quantitative estimate of drug-likeness (QED) is 0.477. The lowest BCUT2D eigenvalue weighted by Gasteiger charge is -2.25. The van der Waals surface area contributed by atoms with Crippen LogP contribution in [0.5, 0.6) is 0 Å². The molecule has 0 unspecified atom stereocenters. The number of amides is 1. The zero-order valence-electron chi connectivity index (χ0n) is 7.42. The zero-order valence-corrected chi connectivity index (χ0v) is 7.42. The van der Waals surface area contributed by atoms with Gasteiger partial charge in [0.15, 0.2) is 0 Å². The van der Waals surface area contributed by atoms with E-state index in [0.717, 1.165) is 25.9 Å². The molecule has 1 fully saturated rings. The van der Waals surface area contributed by atoms with Crippen LogP contribution in [0, 0.1) is 0 Å². The molecular weight excluding hydrogens is 154 g/mol. The second-order valence-corrected chi connectivity index (χ2v) is 3.17. The minimum atomic E-state index is -0.0605. The lowest BCUT2D eigenvalue weighted by Crippen LogP contribution is -2.34. The van der Waals surface area contributed by atoms with Crippen molar-refractivity contribution in [1.82, 2.24) is 4.90 Å². The highest BCUT2D eigenvalue weighted by molar-refractivity contribution is 5.87. The third-order valence-corrected chi connectivity index (χ3v) is 2.00. The minimum Gasteiger partial charge on any atom is -0.512 e. The van der Waals surface area contributed by atoms with Crippen molar-refractivity contribution < 1.29 is 9.90 Å². The predicted molar refractivity (Wildman–Crippen MR) is 46.8 cm³/mol. The minimum absolute atomic E-state index is 0.0605. The second kappa shape index (κ2) is 4.14. The molecule has 0 saturated carbocycles. The summed E-state index contributed by atoms with van der Waals surface area (Å²) in [5, 5.41) is 8.87. The van der Waals surface area contributed by atoms with Gasteiger partial charge in [-0.25, -0.2) is 0 Å². The predicted octanol–water partition coefficient (Wildman–Crippen LogP) is 1.46. The normalized spacial score (nSPS) is 19.4. The summed E-state index contributed by atoms with van der Waals surface area (Å²) < 4.78 is 0. The second-order valence-electron chi connectivity index (χ2n) is 3.17. The average molecular weight is 169 g/mol. The van der Waals surface area contributed by atoms with Crippen LogP contribution in [-0.2, 0) is 4.79 Å². The number of hydrogen-bond donors (Lipinski definition) is 1. The van der Waals surface area contributed by atoms with Crippen molar-refractivity contribution in [2.45, 2.75) is 26.2 Å².